The van der Waals surface area contributed by atoms with Crippen molar-refractivity contribution in [2.75, 3.05) is 10.6 Å². The second-order valence-corrected chi connectivity index (χ2v) is 7.75. The van der Waals surface area contributed by atoms with Crippen LogP contribution < -0.4 is 10.6 Å². The Morgan fingerprint density at radius 2 is 1.77 bits per heavy atom. The monoisotopic (exact) mass is 364 g/mol. The van der Waals surface area contributed by atoms with Crippen LogP contribution in [0.3, 0.4) is 0 Å². The van der Waals surface area contributed by atoms with Gasteiger partial charge in [0.1, 0.15) is 5.82 Å². The molecule has 0 aliphatic heterocycles. The molecule has 0 spiro atoms. The van der Waals surface area contributed by atoms with E-state index in [2.05, 4.69) is 20.6 Å². The highest BCUT2D eigenvalue weighted by Crippen LogP contribution is 2.40. The number of rotatable bonds is 4. The van der Waals surface area contributed by atoms with Gasteiger partial charge in [-0.15, -0.1) is 0 Å². The number of aromatic nitrogens is 2. The molecule has 140 valence electrons. The Kier molecular flexibility index (Phi) is 4.58. The lowest BCUT2D eigenvalue weighted by molar-refractivity contribution is -0.138. The highest BCUT2D eigenvalue weighted by atomic mass is 19.4. The Balaban J connectivity index is 1.95. The maximum absolute atomic E-state index is 13.1. The summed E-state index contributed by atoms with van der Waals surface area (Å²) in [5, 5.41) is 6.28. The molecule has 1 aromatic heterocycles. The highest BCUT2D eigenvalue weighted by molar-refractivity contribution is 5.63. The lowest BCUT2D eigenvalue weighted by Gasteiger charge is -2.21. The molecule has 0 radical (unpaired) electrons. The van der Waals surface area contributed by atoms with Gasteiger partial charge in [-0.2, -0.15) is 18.2 Å². The summed E-state index contributed by atoms with van der Waals surface area (Å²) in [5.74, 6) is 1.38. The Bertz CT molecular complexity index is 805. The van der Waals surface area contributed by atoms with E-state index in [1.54, 1.807) is 6.07 Å². The summed E-state index contributed by atoms with van der Waals surface area (Å²) in [7, 11) is 0. The molecule has 0 amide bonds. The zero-order chi connectivity index (χ0) is 19.1. The van der Waals surface area contributed by atoms with E-state index in [9.17, 15) is 13.2 Å². The molecule has 7 heteroatoms. The number of nitrogens with zero attached hydrogens (tertiary/aromatic N) is 2. The number of halogens is 3. The van der Waals surface area contributed by atoms with Crippen LogP contribution in [0.4, 0.5) is 30.6 Å². The van der Waals surface area contributed by atoms with Crippen molar-refractivity contribution < 1.29 is 13.2 Å². The van der Waals surface area contributed by atoms with Gasteiger partial charge in [0, 0.05) is 23.2 Å². The van der Waals surface area contributed by atoms with Crippen LogP contribution in [0.25, 0.3) is 0 Å². The first-order valence-corrected chi connectivity index (χ1v) is 8.64. The van der Waals surface area contributed by atoms with Crippen molar-refractivity contribution in [2.45, 2.75) is 58.2 Å². The first kappa shape index (κ1) is 18.5. The van der Waals surface area contributed by atoms with Crippen molar-refractivity contribution in [2.24, 2.45) is 0 Å². The van der Waals surface area contributed by atoms with E-state index in [4.69, 9.17) is 0 Å². The van der Waals surface area contributed by atoms with Gasteiger partial charge in [0.05, 0.1) is 11.3 Å². The summed E-state index contributed by atoms with van der Waals surface area (Å²) >= 11 is 0. The molecule has 26 heavy (non-hydrogen) atoms. The van der Waals surface area contributed by atoms with Gasteiger partial charge in [-0.1, -0.05) is 6.07 Å². The van der Waals surface area contributed by atoms with E-state index in [1.807, 2.05) is 26.8 Å². The maximum Gasteiger partial charge on any atom is 0.416 e. The van der Waals surface area contributed by atoms with Crippen molar-refractivity contribution in [3.05, 3.63) is 41.1 Å². The first-order chi connectivity index (χ1) is 12.0. The van der Waals surface area contributed by atoms with Gasteiger partial charge in [-0.05, 0) is 58.2 Å². The second-order valence-electron chi connectivity index (χ2n) is 7.75. The normalized spacial score (nSPS) is 15.0. The summed E-state index contributed by atoms with van der Waals surface area (Å²) in [6.45, 7) is 7.47. The second kappa shape index (κ2) is 6.45. The third kappa shape index (κ3) is 4.45. The molecule has 3 rings (SSSR count). The van der Waals surface area contributed by atoms with Crippen LogP contribution in [-0.2, 0) is 6.18 Å². The molecule has 0 atom stereocenters. The number of hydrogen-bond donors (Lipinski definition) is 2. The molecule has 2 aromatic rings. The fraction of sp³-hybridized carbons (Fsp3) is 0.474. The Labute approximate surface area is 151 Å². The van der Waals surface area contributed by atoms with Crippen molar-refractivity contribution in [1.82, 2.24) is 9.97 Å². The predicted octanol–water partition coefficient (Wildman–Crippen LogP) is 5.64. The van der Waals surface area contributed by atoms with E-state index in [0.29, 0.717) is 23.4 Å². The van der Waals surface area contributed by atoms with Gasteiger partial charge >= 0.3 is 6.18 Å². The van der Waals surface area contributed by atoms with Gasteiger partial charge in [0.25, 0.3) is 0 Å². The molecule has 0 saturated heterocycles. The average molecular weight is 364 g/mol. The standard InChI is InChI=1S/C19H23F3N4/c1-11-13(19(20,21)22)6-5-7-14(11)23-16-10-15(12-8-9-12)24-17(25-16)26-18(2,3)4/h5-7,10,12H,8-9H2,1-4H3,(H2,23,24,25,26). The molecule has 1 aliphatic rings. The van der Waals surface area contributed by atoms with Gasteiger partial charge in [-0.3, -0.25) is 0 Å². The molecule has 0 bridgehead atoms. The van der Waals surface area contributed by atoms with E-state index in [0.717, 1.165) is 24.6 Å². The highest BCUT2D eigenvalue weighted by Gasteiger charge is 2.33. The number of alkyl halides is 3. The topological polar surface area (TPSA) is 49.8 Å². The lowest BCUT2D eigenvalue weighted by atomic mass is 10.1. The Hall–Kier alpha value is -2.31. The number of nitrogens with one attached hydrogen (secondary N) is 2. The van der Waals surface area contributed by atoms with Gasteiger partial charge < -0.3 is 10.6 Å². The van der Waals surface area contributed by atoms with Gasteiger partial charge in [-0.25, -0.2) is 4.98 Å². The van der Waals surface area contributed by atoms with Crippen LogP contribution in [0, 0.1) is 6.92 Å². The fourth-order valence-corrected chi connectivity index (χ4v) is 2.73. The molecular formula is C19H23F3N4. The van der Waals surface area contributed by atoms with Crippen molar-refractivity contribution in [3.8, 4) is 0 Å². The third-order valence-corrected chi connectivity index (χ3v) is 4.13. The molecule has 1 aromatic carbocycles. The molecule has 4 nitrogen and oxygen atoms in total. The minimum Gasteiger partial charge on any atom is -0.350 e. The van der Waals surface area contributed by atoms with Crippen LogP contribution >= 0.6 is 0 Å². The minimum atomic E-state index is -4.38. The van der Waals surface area contributed by atoms with E-state index in [-0.39, 0.29) is 11.1 Å². The SMILES string of the molecule is Cc1c(Nc2cc(C3CC3)nc(NC(C)(C)C)n2)cccc1C(F)(F)F. The lowest BCUT2D eigenvalue weighted by Crippen LogP contribution is -2.27. The maximum atomic E-state index is 13.1. The third-order valence-electron chi connectivity index (χ3n) is 4.13. The molecule has 1 saturated carbocycles. The summed E-state index contributed by atoms with van der Waals surface area (Å²) in [6, 6.07) is 5.93. The minimum absolute atomic E-state index is 0.150. The zero-order valence-electron chi connectivity index (χ0n) is 15.3. The first-order valence-electron chi connectivity index (χ1n) is 8.64. The van der Waals surface area contributed by atoms with Crippen LogP contribution in [0.2, 0.25) is 0 Å². The smallest absolute Gasteiger partial charge is 0.350 e. The van der Waals surface area contributed by atoms with Crippen molar-refractivity contribution in [1.29, 1.82) is 0 Å². The van der Waals surface area contributed by atoms with Crippen molar-refractivity contribution in [3.63, 3.8) is 0 Å². The van der Waals surface area contributed by atoms with Crippen LogP contribution in [0.1, 0.15) is 56.4 Å². The molecular weight excluding hydrogens is 341 g/mol. The zero-order valence-corrected chi connectivity index (χ0v) is 15.3. The Morgan fingerprint density at radius 1 is 1.08 bits per heavy atom. The van der Waals surface area contributed by atoms with E-state index in [1.165, 1.54) is 13.0 Å². The summed E-state index contributed by atoms with van der Waals surface area (Å²) in [6.07, 6.45) is -2.23. The summed E-state index contributed by atoms with van der Waals surface area (Å²) in [5.41, 5.74) is 0.593. The quantitative estimate of drug-likeness (QED) is 0.738. The van der Waals surface area contributed by atoms with Gasteiger partial charge in [0.15, 0.2) is 0 Å². The molecule has 1 fully saturated rings. The van der Waals surface area contributed by atoms with Crippen molar-refractivity contribution >= 4 is 17.5 Å². The predicted molar refractivity (Wildman–Crippen MR) is 96.8 cm³/mol. The van der Waals surface area contributed by atoms with E-state index >= 15 is 0 Å². The van der Waals surface area contributed by atoms with Crippen LogP contribution in [0.15, 0.2) is 24.3 Å². The number of benzene rings is 1. The number of anilines is 3. The van der Waals surface area contributed by atoms with Crippen LogP contribution in [-0.4, -0.2) is 15.5 Å². The largest absolute Gasteiger partial charge is 0.416 e. The molecule has 0 unspecified atom stereocenters. The molecule has 2 N–H and O–H groups in total. The summed E-state index contributed by atoms with van der Waals surface area (Å²) in [4.78, 5) is 9.00. The average Bonchev–Trinajstić information content (AvgIpc) is 3.31. The number of hydrogen-bond acceptors (Lipinski definition) is 4. The Morgan fingerprint density at radius 3 is 2.35 bits per heavy atom. The van der Waals surface area contributed by atoms with E-state index < -0.39 is 11.7 Å². The molecule has 1 heterocycles. The summed E-state index contributed by atoms with van der Waals surface area (Å²) < 4.78 is 39.4. The van der Waals surface area contributed by atoms with Crippen LogP contribution in [0.5, 0.6) is 0 Å². The molecule has 1 aliphatic carbocycles. The van der Waals surface area contributed by atoms with Gasteiger partial charge in [0.2, 0.25) is 5.95 Å². The fourth-order valence-electron chi connectivity index (χ4n) is 2.73.